The van der Waals surface area contributed by atoms with Crippen LogP contribution in [-0.2, 0) is 9.84 Å². The summed E-state index contributed by atoms with van der Waals surface area (Å²) in [6.45, 7) is 6.85. The Morgan fingerprint density at radius 3 is 2.59 bits per heavy atom. The van der Waals surface area contributed by atoms with Crippen LogP contribution < -0.4 is 5.73 Å². The van der Waals surface area contributed by atoms with Crippen molar-refractivity contribution in [1.29, 1.82) is 0 Å². The van der Waals surface area contributed by atoms with E-state index in [2.05, 4.69) is 4.90 Å². The molecule has 1 aliphatic heterocycles. The maximum atomic E-state index is 11.7. The molecule has 17 heavy (non-hydrogen) atoms. The number of nitrogens with zero attached hydrogens (tertiary/aromatic N) is 1. The van der Waals surface area contributed by atoms with E-state index in [0.29, 0.717) is 19.0 Å². The third kappa shape index (κ3) is 5.55. The Labute approximate surface area is 111 Å². The fraction of sp³-hybridized carbons (Fsp3) is 1.00. The van der Waals surface area contributed by atoms with Crippen molar-refractivity contribution in [2.45, 2.75) is 31.9 Å². The lowest BCUT2D eigenvalue weighted by molar-refractivity contribution is 0.187. The van der Waals surface area contributed by atoms with E-state index in [4.69, 9.17) is 5.73 Å². The second-order valence-corrected chi connectivity index (χ2v) is 7.64. The summed E-state index contributed by atoms with van der Waals surface area (Å²) >= 11 is 0. The lowest BCUT2D eigenvalue weighted by Crippen LogP contribution is -2.41. The van der Waals surface area contributed by atoms with Crippen LogP contribution in [0.5, 0.6) is 0 Å². The Kier molecular flexibility index (Phi) is 7.63. The maximum absolute atomic E-state index is 11.7. The van der Waals surface area contributed by atoms with Crippen LogP contribution in [0, 0.1) is 5.92 Å². The van der Waals surface area contributed by atoms with E-state index in [1.807, 2.05) is 0 Å². The topological polar surface area (TPSA) is 63.4 Å². The first-order valence-electron chi connectivity index (χ1n) is 6.09. The maximum Gasteiger partial charge on any atom is 0.153 e. The van der Waals surface area contributed by atoms with Gasteiger partial charge in [0.1, 0.15) is 0 Å². The average molecular weight is 285 g/mol. The Balaban J connectivity index is 0.00000256. The summed E-state index contributed by atoms with van der Waals surface area (Å²) in [4.78, 5) is 2.24. The van der Waals surface area contributed by atoms with Crippen molar-refractivity contribution in [3.63, 3.8) is 0 Å². The van der Waals surface area contributed by atoms with Gasteiger partial charge < -0.3 is 10.6 Å². The van der Waals surface area contributed by atoms with Gasteiger partial charge in [-0.1, -0.05) is 0 Å². The van der Waals surface area contributed by atoms with Gasteiger partial charge in [-0.15, -0.1) is 12.4 Å². The molecule has 0 aromatic carbocycles. The van der Waals surface area contributed by atoms with Gasteiger partial charge in [-0.25, -0.2) is 8.42 Å². The number of hydrogen-bond donors (Lipinski definition) is 1. The lowest BCUT2D eigenvalue weighted by atomic mass is 9.98. The summed E-state index contributed by atoms with van der Waals surface area (Å²) in [5.74, 6) is 0.831. The summed E-state index contributed by atoms with van der Waals surface area (Å²) in [6, 6.07) is 0. The van der Waals surface area contributed by atoms with Crippen LogP contribution in [0.1, 0.15) is 26.7 Å². The molecule has 1 atom stereocenters. The van der Waals surface area contributed by atoms with Gasteiger partial charge in [0.25, 0.3) is 0 Å². The van der Waals surface area contributed by atoms with Crippen molar-refractivity contribution < 1.29 is 8.42 Å². The third-order valence-corrected chi connectivity index (χ3v) is 5.53. The van der Waals surface area contributed by atoms with Crippen LogP contribution in [0.4, 0.5) is 0 Å². The zero-order valence-electron chi connectivity index (χ0n) is 10.8. The van der Waals surface area contributed by atoms with Gasteiger partial charge in [-0.05, 0) is 45.7 Å². The first kappa shape index (κ1) is 17.2. The Morgan fingerprint density at radius 2 is 2.06 bits per heavy atom. The Hall–Kier alpha value is 0.160. The van der Waals surface area contributed by atoms with Crippen LogP contribution in [0.15, 0.2) is 0 Å². The third-order valence-electron chi connectivity index (χ3n) is 3.35. The van der Waals surface area contributed by atoms with Crippen LogP contribution in [0.3, 0.4) is 0 Å². The molecule has 1 saturated heterocycles. The molecule has 0 amide bonds. The molecule has 1 heterocycles. The molecule has 0 radical (unpaired) electrons. The Morgan fingerprint density at radius 1 is 1.41 bits per heavy atom. The van der Waals surface area contributed by atoms with Gasteiger partial charge in [0.05, 0.1) is 11.0 Å². The van der Waals surface area contributed by atoms with E-state index in [1.165, 1.54) is 6.42 Å². The fourth-order valence-electron chi connectivity index (χ4n) is 2.04. The first-order valence-corrected chi connectivity index (χ1v) is 7.81. The van der Waals surface area contributed by atoms with Crippen molar-refractivity contribution in [3.8, 4) is 0 Å². The van der Waals surface area contributed by atoms with Crippen molar-refractivity contribution in [2.24, 2.45) is 11.7 Å². The molecule has 0 aliphatic carbocycles. The second kappa shape index (κ2) is 7.56. The van der Waals surface area contributed by atoms with E-state index in [9.17, 15) is 8.42 Å². The number of hydrogen-bond acceptors (Lipinski definition) is 4. The highest BCUT2D eigenvalue weighted by molar-refractivity contribution is 7.92. The van der Waals surface area contributed by atoms with E-state index in [-0.39, 0.29) is 23.4 Å². The summed E-state index contributed by atoms with van der Waals surface area (Å²) < 4.78 is 23.3. The van der Waals surface area contributed by atoms with Crippen LogP contribution in [0.25, 0.3) is 0 Å². The van der Waals surface area contributed by atoms with Gasteiger partial charge >= 0.3 is 0 Å². The summed E-state index contributed by atoms with van der Waals surface area (Å²) in [5.41, 5.74) is 5.65. The second-order valence-electron chi connectivity index (χ2n) is 4.96. The fourth-order valence-corrected chi connectivity index (χ4v) is 3.02. The average Bonchev–Trinajstić information content (AvgIpc) is 2.26. The zero-order chi connectivity index (χ0) is 12.2. The number of rotatable bonds is 5. The summed E-state index contributed by atoms with van der Waals surface area (Å²) in [6.07, 6.45) is 2.33. The lowest BCUT2D eigenvalue weighted by Gasteiger charge is -2.32. The Bertz CT molecular complexity index is 307. The minimum absolute atomic E-state index is 0. The van der Waals surface area contributed by atoms with Crippen LogP contribution in [0.2, 0.25) is 0 Å². The quantitative estimate of drug-likeness (QED) is 0.815. The molecule has 1 unspecified atom stereocenters. The molecule has 0 bridgehead atoms. The van der Waals surface area contributed by atoms with Crippen molar-refractivity contribution in [3.05, 3.63) is 0 Å². The standard InChI is InChI=1S/C11H24N2O2S.ClH/c1-10(2)16(14,15)7-6-13-5-3-4-11(8-12)9-13;/h10-11H,3-9,12H2,1-2H3;1H. The minimum atomic E-state index is -2.89. The molecule has 0 spiro atoms. The van der Waals surface area contributed by atoms with Gasteiger partial charge in [0.2, 0.25) is 0 Å². The molecule has 6 heteroatoms. The predicted octanol–water partition coefficient (Wildman–Crippen LogP) is 0.902. The minimum Gasteiger partial charge on any atom is -0.330 e. The van der Waals surface area contributed by atoms with Gasteiger partial charge in [0.15, 0.2) is 9.84 Å². The number of halogens is 1. The molecule has 0 saturated carbocycles. The zero-order valence-corrected chi connectivity index (χ0v) is 12.4. The molecule has 1 fully saturated rings. The summed E-state index contributed by atoms with van der Waals surface area (Å²) in [7, 11) is -2.89. The normalized spacial score (nSPS) is 22.5. The van der Waals surface area contributed by atoms with Gasteiger partial charge in [0, 0.05) is 13.1 Å². The van der Waals surface area contributed by atoms with Crippen molar-refractivity contribution >= 4 is 22.2 Å². The van der Waals surface area contributed by atoms with E-state index in [0.717, 1.165) is 19.5 Å². The molecule has 104 valence electrons. The molecule has 2 N–H and O–H groups in total. The largest absolute Gasteiger partial charge is 0.330 e. The highest BCUT2D eigenvalue weighted by Gasteiger charge is 2.22. The molecule has 1 aliphatic rings. The number of piperidine rings is 1. The van der Waals surface area contributed by atoms with Crippen molar-refractivity contribution in [1.82, 2.24) is 4.90 Å². The van der Waals surface area contributed by atoms with E-state index < -0.39 is 9.84 Å². The van der Waals surface area contributed by atoms with Crippen molar-refractivity contribution in [2.75, 3.05) is 31.9 Å². The summed E-state index contributed by atoms with van der Waals surface area (Å²) in [5, 5.41) is -0.261. The van der Waals surface area contributed by atoms with Gasteiger partial charge in [-0.2, -0.15) is 0 Å². The number of likely N-dealkylation sites (tertiary alicyclic amines) is 1. The number of sulfone groups is 1. The molecule has 4 nitrogen and oxygen atoms in total. The highest BCUT2D eigenvalue weighted by Crippen LogP contribution is 2.15. The first-order chi connectivity index (χ1) is 7.45. The molecule has 0 aromatic rings. The molecule has 1 rings (SSSR count). The molecular formula is C11H25ClN2O2S. The van der Waals surface area contributed by atoms with Gasteiger partial charge in [-0.3, -0.25) is 0 Å². The van der Waals surface area contributed by atoms with E-state index in [1.54, 1.807) is 13.8 Å². The smallest absolute Gasteiger partial charge is 0.153 e. The monoisotopic (exact) mass is 284 g/mol. The molecular weight excluding hydrogens is 260 g/mol. The van der Waals surface area contributed by atoms with E-state index >= 15 is 0 Å². The predicted molar refractivity (Wildman–Crippen MR) is 74.4 cm³/mol. The molecule has 0 aromatic heterocycles. The van der Waals surface area contributed by atoms with Crippen LogP contribution >= 0.6 is 12.4 Å². The highest BCUT2D eigenvalue weighted by atomic mass is 35.5. The number of nitrogens with two attached hydrogens (primary N) is 1. The SMILES string of the molecule is CC(C)S(=O)(=O)CCN1CCCC(CN)C1.Cl. The van der Waals surface area contributed by atoms with Crippen LogP contribution in [-0.4, -0.2) is 50.5 Å².